The van der Waals surface area contributed by atoms with E-state index in [0.29, 0.717) is 33.9 Å². The minimum absolute atomic E-state index is 0.00679. The molecule has 0 aliphatic carbocycles. The van der Waals surface area contributed by atoms with Crippen LogP contribution in [0.2, 0.25) is 5.02 Å². The van der Waals surface area contributed by atoms with Crippen LogP contribution < -0.4 is 20.3 Å². The molecule has 0 atom stereocenters. The number of imidazole rings is 1. The van der Waals surface area contributed by atoms with Gasteiger partial charge in [0.25, 0.3) is 0 Å². The van der Waals surface area contributed by atoms with E-state index in [9.17, 15) is 22.4 Å². The molecule has 2 aromatic heterocycles. The van der Waals surface area contributed by atoms with Crippen LogP contribution in [0.3, 0.4) is 0 Å². The van der Waals surface area contributed by atoms with Gasteiger partial charge in [0.15, 0.2) is 11.6 Å². The molecule has 43 heavy (non-hydrogen) atoms. The van der Waals surface area contributed by atoms with Crippen LogP contribution in [0.5, 0.6) is 5.75 Å². The number of nitrogens with one attached hydrogen (secondary N) is 2. The lowest BCUT2D eigenvalue weighted by molar-refractivity contribution is -0.139. The van der Waals surface area contributed by atoms with Crippen LogP contribution in [0.25, 0.3) is 22.6 Å². The Kier molecular flexibility index (Phi) is 9.40. The quantitative estimate of drug-likeness (QED) is 0.162. The second-order valence-electron chi connectivity index (χ2n) is 9.77. The van der Waals surface area contributed by atoms with Gasteiger partial charge in [-0.3, -0.25) is 4.79 Å². The van der Waals surface area contributed by atoms with Crippen LogP contribution in [0.15, 0.2) is 49.2 Å². The zero-order valence-corrected chi connectivity index (χ0v) is 24.5. The summed E-state index contributed by atoms with van der Waals surface area (Å²) in [5.41, 5.74) is 1.03. The molecule has 2 heterocycles. The molecular formula is C28H29ClF4N8O2. The van der Waals surface area contributed by atoms with Gasteiger partial charge in [-0.1, -0.05) is 18.2 Å². The number of nitrogens with zero attached hydrogens (tertiary/aromatic N) is 6. The van der Waals surface area contributed by atoms with E-state index in [-0.39, 0.29) is 33.5 Å². The predicted molar refractivity (Wildman–Crippen MR) is 159 cm³/mol. The summed E-state index contributed by atoms with van der Waals surface area (Å²) >= 11 is 5.93. The van der Waals surface area contributed by atoms with Crippen LogP contribution in [0.1, 0.15) is 0 Å². The van der Waals surface area contributed by atoms with Gasteiger partial charge >= 0.3 is 6.18 Å². The highest BCUT2D eigenvalue weighted by Crippen LogP contribution is 2.38. The summed E-state index contributed by atoms with van der Waals surface area (Å²) in [5, 5.41) is 5.77. The number of fused-ring (bicyclic) bond motifs is 1. The number of hydrogen-bond donors (Lipinski definition) is 2. The largest absolute Gasteiger partial charge is 0.494 e. The van der Waals surface area contributed by atoms with Crippen LogP contribution >= 0.6 is 11.6 Å². The van der Waals surface area contributed by atoms with Crippen LogP contribution in [0, 0.1) is 5.82 Å². The number of hydrogen-bond acceptors (Lipinski definition) is 8. The monoisotopic (exact) mass is 620 g/mol. The van der Waals surface area contributed by atoms with E-state index in [1.807, 2.05) is 30.9 Å². The first-order valence-corrected chi connectivity index (χ1v) is 13.2. The number of carbonyl (C=O) groups is 1. The number of carbonyl (C=O) groups excluding carboxylic acids is 1. The second-order valence-corrected chi connectivity index (χ2v) is 10.2. The van der Waals surface area contributed by atoms with Crippen molar-refractivity contribution in [2.24, 2.45) is 0 Å². The third kappa shape index (κ3) is 7.51. The van der Waals surface area contributed by atoms with Crippen LogP contribution in [-0.2, 0) is 11.3 Å². The Morgan fingerprint density at radius 3 is 2.53 bits per heavy atom. The van der Waals surface area contributed by atoms with Gasteiger partial charge in [0, 0.05) is 37.4 Å². The molecule has 1 amide bonds. The molecule has 228 valence electrons. The summed E-state index contributed by atoms with van der Waals surface area (Å²) < 4.78 is 61.7. The van der Waals surface area contributed by atoms with Crippen molar-refractivity contribution in [1.82, 2.24) is 24.4 Å². The molecule has 0 saturated carbocycles. The molecule has 0 fully saturated rings. The van der Waals surface area contributed by atoms with Crippen LogP contribution in [-0.4, -0.2) is 77.8 Å². The number of likely N-dealkylation sites (N-methyl/N-ethyl adjacent to an activating group) is 2. The number of ether oxygens (including phenoxy) is 1. The summed E-state index contributed by atoms with van der Waals surface area (Å²) in [5.74, 6) is -1.27. The Labute approximate surface area is 249 Å². The van der Waals surface area contributed by atoms with Gasteiger partial charge in [-0.2, -0.15) is 13.2 Å². The Bertz CT molecular complexity index is 1660. The lowest BCUT2D eigenvalue weighted by Gasteiger charge is -2.26. The molecule has 0 aliphatic rings. The van der Waals surface area contributed by atoms with E-state index in [1.165, 1.54) is 25.4 Å². The molecule has 2 aromatic carbocycles. The van der Waals surface area contributed by atoms with Crippen molar-refractivity contribution >= 4 is 51.6 Å². The molecule has 0 unspecified atom stereocenters. The van der Waals surface area contributed by atoms with Crippen LogP contribution in [0.4, 0.5) is 40.6 Å². The number of halogens is 5. The number of benzene rings is 2. The smallest absolute Gasteiger partial charge is 0.406 e. The second kappa shape index (κ2) is 12.8. The zero-order chi connectivity index (χ0) is 31.5. The maximum atomic E-state index is 14.8. The van der Waals surface area contributed by atoms with Gasteiger partial charge in [-0.15, -0.1) is 0 Å². The normalized spacial score (nSPS) is 11.6. The maximum Gasteiger partial charge on any atom is 0.406 e. The number of aromatic nitrogens is 4. The summed E-state index contributed by atoms with van der Waals surface area (Å²) in [6, 6.07) is 6.89. The summed E-state index contributed by atoms with van der Waals surface area (Å²) in [7, 11) is 7.21. The Morgan fingerprint density at radius 1 is 1.14 bits per heavy atom. The van der Waals surface area contributed by atoms with E-state index < -0.39 is 24.4 Å². The fourth-order valence-electron chi connectivity index (χ4n) is 4.28. The number of rotatable bonds is 11. The first-order chi connectivity index (χ1) is 20.3. The highest BCUT2D eigenvalue weighted by atomic mass is 35.5. The van der Waals surface area contributed by atoms with E-state index in [4.69, 9.17) is 16.3 Å². The van der Waals surface area contributed by atoms with E-state index >= 15 is 0 Å². The predicted octanol–water partition coefficient (Wildman–Crippen LogP) is 5.72. The highest BCUT2D eigenvalue weighted by molar-refractivity contribution is 6.31. The van der Waals surface area contributed by atoms with Gasteiger partial charge in [0.1, 0.15) is 23.5 Å². The lowest BCUT2D eigenvalue weighted by atomic mass is 10.2. The van der Waals surface area contributed by atoms with Gasteiger partial charge in [0.2, 0.25) is 11.9 Å². The van der Waals surface area contributed by atoms with Crippen molar-refractivity contribution in [2.75, 3.05) is 56.9 Å². The number of methoxy groups -OCH3 is 1. The fraction of sp³-hybridized carbons (Fsp3) is 0.286. The van der Waals surface area contributed by atoms with Gasteiger partial charge in [-0.05, 0) is 44.4 Å². The summed E-state index contributed by atoms with van der Waals surface area (Å²) in [4.78, 5) is 29.0. The molecular weight excluding hydrogens is 592 g/mol. The third-order valence-corrected chi connectivity index (χ3v) is 6.50. The molecule has 4 rings (SSSR count). The van der Waals surface area contributed by atoms with Crippen molar-refractivity contribution in [3.8, 4) is 17.3 Å². The first kappa shape index (κ1) is 31.5. The van der Waals surface area contributed by atoms with Crippen molar-refractivity contribution in [3.63, 3.8) is 0 Å². The Balaban J connectivity index is 1.77. The number of amides is 1. The topological polar surface area (TPSA) is 100 Å². The van der Waals surface area contributed by atoms with Gasteiger partial charge in [-0.25, -0.2) is 19.3 Å². The minimum Gasteiger partial charge on any atom is -0.494 e. The van der Waals surface area contributed by atoms with E-state index in [2.05, 4.69) is 32.2 Å². The summed E-state index contributed by atoms with van der Waals surface area (Å²) in [6.07, 6.45) is -2.22. The average Bonchev–Trinajstić information content (AvgIpc) is 3.28. The van der Waals surface area contributed by atoms with Gasteiger partial charge < -0.3 is 29.7 Å². The molecule has 0 aliphatic heterocycles. The van der Waals surface area contributed by atoms with E-state index in [1.54, 1.807) is 12.1 Å². The van der Waals surface area contributed by atoms with Crippen molar-refractivity contribution < 1.29 is 27.1 Å². The molecule has 2 N–H and O–H groups in total. The third-order valence-electron chi connectivity index (χ3n) is 6.28. The van der Waals surface area contributed by atoms with Crippen molar-refractivity contribution in [1.29, 1.82) is 0 Å². The molecule has 10 nitrogen and oxygen atoms in total. The fourth-order valence-corrected chi connectivity index (χ4v) is 4.48. The molecule has 15 heteroatoms. The standard InChI is InChI=1S/C28H29ClF4N8O2/c1-6-24(42)35-19-13-20(23(43-5)14-22(19)40(4)10-9-39(2)3)38-27-34-8-7-18(37-27)26-36-21-12-16(29)11-17(30)25(21)41(26)15-28(31,32)33/h6-8,11-14H,1,9-10,15H2,2-5H3,(H,35,42)(H,34,37,38). The lowest BCUT2D eigenvalue weighted by Crippen LogP contribution is -2.29. The van der Waals surface area contributed by atoms with Crippen molar-refractivity contribution in [2.45, 2.75) is 12.7 Å². The van der Waals surface area contributed by atoms with Crippen molar-refractivity contribution in [3.05, 3.63) is 60.0 Å². The first-order valence-electron chi connectivity index (χ1n) is 12.8. The SMILES string of the molecule is C=CC(=O)Nc1cc(Nc2nccc(-c3nc4cc(Cl)cc(F)c4n3CC(F)(F)F)n2)c(OC)cc1N(C)CCN(C)C. The Hall–Kier alpha value is -4.43. The number of alkyl halides is 3. The molecule has 0 spiro atoms. The molecule has 4 aromatic rings. The maximum absolute atomic E-state index is 14.8. The average molecular weight is 621 g/mol. The Morgan fingerprint density at radius 2 is 1.88 bits per heavy atom. The number of anilines is 4. The van der Waals surface area contributed by atoms with Gasteiger partial charge in [0.05, 0.1) is 29.7 Å². The highest BCUT2D eigenvalue weighted by Gasteiger charge is 2.32. The minimum atomic E-state index is -4.68. The molecule has 0 saturated heterocycles. The summed E-state index contributed by atoms with van der Waals surface area (Å²) in [6.45, 7) is 3.37. The molecule has 0 bridgehead atoms. The molecule has 0 radical (unpaired) electrons. The van der Waals surface area contributed by atoms with E-state index in [0.717, 1.165) is 18.7 Å². The zero-order valence-electron chi connectivity index (χ0n) is 23.8.